The maximum absolute atomic E-state index is 13.3. The second-order valence-electron chi connectivity index (χ2n) is 7.90. The fourth-order valence-corrected chi connectivity index (χ4v) is 4.61. The lowest BCUT2D eigenvalue weighted by molar-refractivity contribution is -0.160. The maximum Gasteiger partial charge on any atom is 0.254 e. The second kappa shape index (κ2) is 7.85. The molecule has 144 valence electrons. The zero-order chi connectivity index (χ0) is 18.7. The van der Waals surface area contributed by atoms with E-state index >= 15 is 0 Å². The van der Waals surface area contributed by atoms with Crippen molar-refractivity contribution in [2.24, 2.45) is 0 Å². The summed E-state index contributed by atoms with van der Waals surface area (Å²) in [6.07, 6.45) is 9.04. The van der Waals surface area contributed by atoms with Gasteiger partial charge in [-0.05, 0) is 31.2 Å². The number of imidazole rings is 1. The van der Waals surface area contributed by atoms with Crippen molar-refractivity contribution in [1.82, 2.24) is 14.9 Å². The molecule has 2 heterocycles. The average molecular weight is 367 g/mol. The Morgan fingerprint density at radius 1 is 1.19 bits per heavy atom. The van der Waals surface area contributed by atoms with Crippen molar-refractivity contribution in [1.29, 1.82) is 0 Å². The number of carbonyl (C=O) groups is 1. The van der Waals surface area contributed by atoms with Gasteiger partial charge in [-0.1, -0.05) is 49.6 Å². The van der Waals surface area contributed by atoms with Crippen LogP contribution in [0.5, 0.6) is 0 Å². The van der Waals surface area contributed by atoms with Gasteiger partial charge in [0.1, 0.15) is 11.4 Å². The van der Waals surface area contributed by atoms with Crippen LogP contribution < -0.4 is 0 Å². The predicted molar refractivity (Wildman–Crippen MR) is 105 cm³/mol. The van der Waals surface area contributed by atoms with Gasteiger partial charge in [0.05, 0.1) is 11.9 Å². The molecule has 1 saturated heterocycles. The van der Waals surface area contributed by atoms with Crippen molar-refractivity contribution in [3.8, 4) is 11.3 Å². The van der Waals surface area contributed by atoms with E-state index < -0.39 is 5.60 Å². The third-order valence-electron chi connectivity index (χ3n) is 6.22. The molecule has 1 aromatic heterocycles. The molecule has 0 bridgehead atoms. The van der Waals surface area contributed by atoms with E-state index in [1.807, 2.05) is 29.3 Å². The zero-order valence-corrected chi connectivity index (χ0v) is 16.1. The minimum atomic E-state index is -0.599. The lowest BCUT2D eigenvalue weighted by atomic mass is 9.82. The number of amides is 1. The molecule has 1 N–H and O–H groups in total. The third-order valence-corrected chi connectivity index (χ3v) is 6.22. The first-order valence-corrected chi connectivity index (χ1v) is 10.2. The molecule has 5 nitrogen and oxygen atoms in total. The summed E-state index contributed by atoms with van der Waals surface area (Å²) in [7, 11) is 1.70. The Labute approximate surface area is 161 Å². The zero-order valence-electron chi connectivity index (χ0n) is 16.1. The summed E-state index contributed by atoms with van der Waals surface area (Å²) in [5.41, 5.74) is 1.58. The number of nitrogens with zero attached hydrogens (tertiary/aromatic N) is 2. The number of methoxy groups -OCH3 is 1. The van der Waals surface area contributed by atoms with Gasteiger partial charge in [0.2, 0.25) is 0 Å². The van der Waals surface area contributed by atoms with Crippen molar-refractivity contribution in [3.63, 3.8) is 0 Å². The minimum absolute atomic E-state index is 0.184. The minimum Gasteiger partial charge on any atom is -0.368 e. The monoisotopic (exact) mass is 367 g/mol. The number of rotatable bonds is 4. The number of nitrogens with one attached hydrogen (secondary N) is 1. The SMILES string of the molecule is COC1(C(=O)N2CCC[C@H](c3ncc(-c4ccccc4)[nH]3)C2)CCCCC1. The van der Waals surface area contributed by atoms with Crippen LogP contribution in [0.15, 0.2) is 36.5 Å². The van der Waals surface area contributed by atoms with Gasteiger partial charge in [0.15, 0.2) is 0 Å². The highest BCUT2D eigenvalue weighted by Crippen LogP contribution is 2.35. The number of hydrogen-bond acceptors (Lipinski definition) is 3. The van der Waals surface area contributed by atoms with Crippen molar-refractivity contribution >= 4 is 5.91 Å². The van der Waals surface area contributed by atoms with E-state index in [4.69, 9.17) is 4.74 Å². The molecule has 1 aliphatic carbocycles. The van der Waals surface area contributed by atoms with E-state index in [9.17, 15) is 4.79 Å². The van der Waals surface area contributed by atoms with Crippen LogP contribution in [0, 0.1) is 0 Å². The Hall–Kier alpha value is -2.14. The smallest absolute Gasteiger partial charge is 0.254 e. The van der Waals surface area contributed by atoms with Crippen molar-refractivity contribution in [2.75, 3.05) is 20.2 Å². The van der Waals surface area contributed by atoms with Gasteiger partial charge >= 0.3 is 0 Å². The van der Waals surface area contributed by atoms with Crippen LogP contribution in [0.25, 0.3) is 11.3 Å². The number of aromatic nitrogens is 2. The number of ether oxygens (including phenoxy) is 1. The summed E-state index contributed by atoms with van der Waals surface area (Å²) < 4.78 is 5.78. The van der Waals surface area contributed by atoms with Gasteiger partial charge in [-0.2, -0.15) is 0 Å². The van der Waals surface area contributed by atoms with Gasteiger partial charge in [-0.3, -0.25) is 4.79 Å². The highest BCUT2D eigenvalue weighted by atomic mass is 16.5. The van der Waals surface area contributed by atoms with E-state index in [0.29, 0.717) is 0 Å². The van der Waals surface area contributed by atoms with E-state index in [0.717, 1.165) is 68.7 Å². The summed E-state index contributed by atoms with van der Waals surface area (Å²) in [6, 6.07) is 10.2. The molecule has 2 aromatic rings. The van der Waals surface area contributed by atoms with Crippen LogP contribution in [0.3, 0.4) is 0 Å². The molecular formula is C22H29N3O2. The van der Waals surface area contributed by atoms with Crippen molar-refractivity contribution in [3.05, 3.63) is 42.4 Å². The van der Waals surface area contributed by atoms with Crippen molar-refractivity contribution < 1.29 is 9.53 Å². The quantitative estimate of drug-likeness (QED) is 0.884. The standard InChI is InChI=1S/C22H29N3O2/c1-27-22(12-6-3-7-13-22)21(26)25-14-8-11-18(16-25)20-23-15-19(24-20)17-9-4-2-5-10-17/h2,4-5,9-10,15,18H,3,6-8,11-14,16H2,1H3,(H,23,24)/t18-/m0/s1. The highest BCUT2D eigenvalue weighted by Gasteiger charge is 2.43. The van der Waals surface area contributed by atoms with E-state index in [2.05, 4.69) is 22.1 Å². The molecule has 0 spiro atoms. The van der Waals surface area contributed by atoms with Crippen LogP contribution in [0.2, 0.25) is 0 Å². The molecule has 4 rings (SSSR count). The number of carbonyl (C=O) groups excluding carboxylic acids is 1. The molecule has 5 heteroatoms. The van der Waals surface area contributed by atoms with E-state index in [1.165, 1.54) is 6.42 Å². The first-order chi connectivity index (χ1) is 13.2. The summed E-state index contributed by atoms with van der Waals surface area (Å²) in [6.45, 7) is 1.55. The topological polar surface area (TPSA) is 58.2 Å². The van der Waals surface area contributed by atoms with E-state index in [1.54, 1.807) is 7.11 Å². The first-order valence-electron chi connectivity index (χ1n) is 10.2. The number of likely N-dealkylation sites (tertiary alicyclic amines) is 1. The Kier molecular flexibility index (Phi) is 5.30. The lowest BCUT2D eigenvalue weighted by Gasteiger charge is -2.41. The second-order valence-corrected chi connectivity index (χ2v) is 7.90. The molecule has 27 heavy (non-hydrogen) atoms. The highest BCUT2D eigenvalue weighted by molar-refractivity contribution is 5.85. The van der Waals surface area contributed by atoms with Gasteiger partial charge in [-0.25, -0.2) is 4.98 Å². The van der Waals surface area contributed by atoms with Crippen LogP contribution in [0.1, 0.15) is 56.7 Å². The fourth-order valence-electron chi connectivity index (χ4n) is 4.61. The fraction of sp³-hybridized carbons (Fsp3) is 0.545. The lowest BCUT2D eigenvalue weighted by Crippen LogP contribution is -2.53. The van der Waals surface area contributed by atoms with Crippen LogP contribution >= 0.6 is 0 Å². The number of hydrogen-bond donors (Lipinski definition) is 1. The van der Waals surface area contributed by atoms with Crippen LogP contribution in [-0.4, -0.2) is 46.6 Å². The van der Waals surface area contributed by atoms with Crippen molar-refractivity contribution in [2.45, 2.75) is 56.5 Å². The molecule has 0 radical (unpaired) electrons. The largest absolute Gasteiger partial charge is 0.368 e. The molecule has 2 aliphatic rings. The summed E-state index contributed by atoms with van der Waals surface area (Å²) in [5, 5.41) is 0. The van der Waals surface area contributed by atoms with Gasteiger partial charge in [0, 0.05) is 26.1 Å². The predicted octanol–water partition coefficient (Wildman–Crippen LogP) is 4.13. The Morgan fingerprint density at radius 2 is 1.96 bits per heavy atom. The summed E-state index contributed by atoms with van der Waals surface area (Å²) in [5.74, 6) is 1.43. The maximum atomic E-state index is 13.3. The molecule has 1 aliphatic heterocycles. The molecule has 1 aromatic carbocycles. The Morgan fingerprint density at radius 3 is 2.70 bits per heavy atom. The average Bonchev–Trinajstić information content (AvgIpc) is 3.25. The Bertz CT molecular complexity index is 765. The summed E-state index contributed by atoms with van der Waals surface area (Å²) in [4.78, 5) is 23.4. The molecule has 1 saturated carbocycles. The van der Waals surface area contributed by atoms with E-state index in [-0.39, 0.29) is 11.8 Å². The van der Waals surface area contributed by atoms with Crippen LogP contribution in [0.4, 0.5) is 0 Å². The Balaban J connectivity index is 1.48. The first kappa shape index (κ1) is 18.2. The van der Waals surface area contributed by atoms with Gasteiger partial charge in [0.25, 0.3) is 5.91 Å². The van der Waals surface area contributed by atoms with Gasteiger partial charge < -0.3 is 14.6 Å². The molecule has 1 amide bonds. The molecule has 1 atom stereocenters. The molecule has 2 fully saturated rings. The summed E-state index contributed by atoms with van der Waals surface area (Å²) >= 11 is 0. The molecule has 0 unspecified atom stereocenters. The van der Waals surface area contributed by atoms with Gasteiger partial charge in [-0.15, -0.1) is 0 Å². The molecular weight excluding hydrogens is 338 g/mol. The number of aromatic amines is 1. The number of piperidine rings is 1. The number of benzene rings is 1. The van der Waals surface area contributed by atoms with Crippen LogP contribution in [-0.2, 0) is 9.53 Å². The third kappa shape index (κ3) is 3.65. The number of H-pyrrole nitrogens is 1. The normalized spacial score (nSPS) is 22.6.